The van der Waals surface area contributed by atoms with E-state index in [0.29, 0.717) is 15.6 Å². The van der Waals surface area contributed by atoms with Crippen LogP contribution in [-0.2, 0) is 15.8 Å². The second kappa shape index (κ2) is 6.22. The van der Waals surface area contributed by atoms with Crippen LogP contribution in [0.1, 0.15) is 5.56 Å². The molecule has 0 atom stereocenters. The molecule has 0 aliphatic carbocycles. The summed E-state index contributed by atoms with van der Waals surface area (Å²) in [4.78, 5) is 0. The molecule has 3 nitrogen and oxygen atoms in total. The van der Waals surface area contributed by atoms with Crippen LogP contribution in [0.3, 0.4) is 0 Å². The summed E-state index contributed by atoms with van der Waals surface area (Å²) in [6, 6.07) is 11.3. The summed E-state index contributed by atoms with van der Waals surface area (Å²) in [7, 11) is -3.58. The fourth-order valence-electron chi connectivity index (χ4n) is 1.59. The predicted molar refractivity (Wildman–Crippen MR) is 84.2 cm³/mol. The quantitative estimate of drug-likeness (QED) is 0.876. The fraction of sp³-hybridized carbons (Fsp3) is 0.0769. The molecular weight excluding hydrogens is 341 g/mol. The van der Waals surface area contributed by atoms with Crippen molar-refractivity contribution in [3.05, 3.63) is 63.1 Å². The van der Waals surface area contributed by atoms with E-state index < -0.39 is 10.0 Å². The van der Waals surface area contributed by atoms with Crippen molar-refractivity contribution in [1.82, 2.24) is 0 Å². The van der Waals surface area contributed by atoms with E-state index in [1.807, 2.05) is 0 Å². The van der Waals surface area contributed by atoms with Crippen LogP contribution in [0.5, 0.6) is 0 Å². The molecule has 2 rings (SSSR count). The van der Waals surface area contributed by atoms with Gasteiger partial charge in [-0.1, -0.05) is 53.0 Å². The normalized spacial score (nSPS) is 11.3. The van der Waals surface area contributed by atoms with Gasteiger partial charge in [-0.2, -0.15) is 0 Å². The number of sulfonamides is 1. The molecule has 0 bridgehead atoms. The van der Waals surface area contributed by atoms with E-state index in [1.165, 1.54) is 0 Å². The predicted octanol–water partition coefficient (Wildman–Crippen LogP) is 4.59. The van der Waals surface area contributed by atoms with Gasteiger partial charge in [-0.25, -0.2) is 8.42 Å². The molecule has 0 fully saturated rings. The average molecular weight is 351 g/mol. The van der Waals surface area contributed by atoms with Crippen LogP contribution in [0, 0.1) is 0 Å². The maximum atomic E-state index is 12.1. The third-order valence-corrected chi connectivity index (χ3v) is 4.80. The van der Waals surface area contributed by atoms with E-state index >= 15 is 0 Å². The van der Waals surface area contributed by atoms with Gasteiger partial charge in [0.15, 0.2) is 0 Å². The molecule has 7 heteroatoms. The Labute approximate surface area is 132 Å². The van der Waals surface area contributed by atoms with Crippen LogP contribution >= 0.6 is 34.8 Å². The highest BCUT2D eigenvalue weighted by molar-refractivity contribution is 7.91. The molecule has 0 saturated carbocycles. The molecule has 0 radical (unpaired) electrons. The molecule has 20 heavy (non-hydrogen) atoms. The molecule has 2 aromatic carbocycles. The van der Waals surface area contributed by atoms with E-state index in [-0.39, 0.29) is 16.5 Å². The van der Waals surface area contributed by atoms with E-state index in [0.717, 1.165) is 0 Å². The first-order chi connectivity index (χ1) is 9.37. The van der Waals surface area contributed by atoms with Gasteiger partial charge in [-0.3, -0.25) is 4.72 Å². The molecule has 0 aliphatic rings. The molecule has 1 N–H and O–H groups in total. The van der Waals surface area contributed by atoms with Crippen molar-refractivity contribution in [3.63, 3.8) is 0 Å². The van der Waals surface area contributed by atoms with Gasteiger partial charge >= 0.3 is 0 Å². The van der Waals surface area contributed by atoms with Crippen molar-refractivity contribution in [2.45, 2.75) is 5.75 Å². The lowest BCUT2D eigenvalue weighted by Crippen LogP contribution is -2.15. The Morgan fingerprint density at radius 2 is 1.60 bits per heavy atom. The largest absolute Gasteiger partial charge is 0.282 e. The van der Waals surface area contributed by atoms with Gasteiger partial charge in [0.1, 0.15) is 0 Å². The van der Waals surface area contributed by atoms with Gasteiger partial charge in [0, 0.05) is 5.02 Å². The van der Waals surface area contributed by atoms with Crippen LogP contribution in [0.4, 0.5) is 5.69 Å². The minimum absolute atomic E-state index is 0.174. The number of halogens is 3. The number of hydrogen-bond donors (Lipinski definition) is 1. The monoisotopic (exact) mass is 349 g/mol. The van der Waals surface area contributed by atoms with Gasteiger partial charge in [0.2, 0.25) is 10.0 Å². The second-order valence-electron chi connectivity index (χ2n) is 4.09. The van der Waals surface area contributed by atoms with Gasteiger partial charge in [0.25, 0.3) is 0 Å². The van der Waals surface area contributed by atoms with Crippen molar-refractivity contribution < 1.29 is 8.42 Å². The van der Waals surface area contributed by atoms with Crippen molar-refractivity contribution in [3.8, 4) is 0 Å². The minimum atomic E-state index is -3.58. The highest BCUT2D eigenvalue weighted by atomic mass is 35.5. The van der Waals surface area contributed by atoms with Crippen molar-refractivity contribution >= 4 is 50.5 Å². The molecule has 0 aromatic heterocycles. The summed E-state index contributed by atoms with van der Waals surface area (Å²) < 4.78 is 26.6. The van der Waals surface area contributed by atoms with Crippen LogP contribution in [0.25, 0.3) is 0 Å². The number of rotatable bonds is 4. The first kappa shape index (κ1) is 15.4. The number of anilines is 1. The summed E-state index contributed by atoms with van der Waals surface area (Å²) in [6.07, 6.45) is 0. The molecule has 0 aliphatic heterocycles. The third kappa shape index (κ3) is 4.03. The highest BCUT2D eigenvalue weighted by Gasteiger charge is 2.14. The fourth-order valence-corrected chi connectivity index (χ4v) is 3.32. The Balaban J connectivity index is 2.19. The molecule has 0 spiro atoms. The van der Waals surface area contributed by atoms with Crippen LogP contribution in [0.2, 0.25) is 15.1 Å². The zero-order valence-corrected chi connectivity index (χ0v) is 13.2. The highest BCUT2D eigenvalue weighted by Crippen LogP contribution is 2.30. The third-order valence-electron chi connectivity index (χ3n) is 2.49. The lowest BCUT2D eigenvalue weighted by molar-refractivity contribution is 0.600. The van der Waals surface area contributed by atoms with Gasteiger partial charge in [0.05, 0.1) is 21.5 Å². The Morgan fingerprint density at radius 3 is 2.25 bits per heavy atom. The summed E-state index contributed by atoms with van der Waals surface area (Å²) in [5.41, 5.74) is 0.883. The van der Waals surface area contributed by atoms with Crippen molar-refractivity contribution in [1.29, 1.82) is 0 Å². The van der Waals surface area contributed by atoms with Crippen LogP contribution in [-0.4, -0.2) is 8.42 Å². The maximum absolute atomic E-state index is 12.1. The van der Waals surface area contributed by atoms with Gasteiger partial charge in [-0.05, 0) is 29.8 Å². The first-order valence-corrected chi connectivity index (χ1v) is 8.35. The average Bonchev–Trinajstić information content (AvgIpc) is 2.37. The number of benzene rings is 2. The van der Waals surface area contributed by atoms with E-state index in [1.54, 1.807) is 42.5 Å². The Morgan fingerprint density at radius 1 is 0.950 bits per heavy atom. The van der Waals surface area contributed by atoms with E-state index in [4.69, 9.17) is 34.8 Å². The summed E-state index contributed by atoms with van der Waals surface area (Å²) in [6.45, 7) is 0. The maximum Gasteiger partial charge on any atom is 0.236 e. The van der Waals surface area contributed by atoms with Crippen LogP contribution < -0.4 is 4.72 Å². The summed E-state index contributed by atoms with van der Waals surface area (Å²) in [5.74, 6) is -0.174. The number of hydrogen-bond acceptors (Lipinski definition) is 2. The summed E-state index contributed by atoms with van der Waals surface area (Å²) in [5, 5.41) is 1.02. The van der Waals surface area contributed by atoms with Gasteiger partial charge in [-0.15, -0.1) is 0 Å². The molecule has 0 unspecified atom stereocenters. The molecule has 0 heterocycles. The van der Waals surface area contributed by atoms with E-state index in [9.17, 15) is 8.42 Å². The van der Waals surface area contributed by atoms with Crippen LogP contribution in [0.15, 0.2) is 42.5 Å². The zero-order chi connectivity index (χ0) is 14.8. The second-order valence-corrected chi connectivity index (χ2v) is 7.03. The smallest absolute Gasteiger partial charge is 0.236 e. The molecule has 106 valence electrons. The zero-order valence-electron chi connectivity index (χ0n) is 10.1. The molecule has 2 aromatic rings. The standard InChI is InChI=1S/C13H10Cl3NO2S/c14-10-6-4-9(5-7-10)8-20(18,19)17-12-3-1-2-11(15)13(12)16/h1-7,17H,8H2. The Bertz CT molecular complexity index is 715. The molecule has 0 amide bonds. The van der Waals surface area contributed by atoms with Gasteiger partial charge < -0.3 is 0 Å². The van der Waals surface area contributed by atoms with Crippen molar-refractivity contribution in [2.75, 3.05) is 4.72 Å². The summed E-state index contributed by atoms with van der Waals surface area (Å²) >= 11 is 17.5. The minimum Gasteiger partial charge on any atom is -0.282 e. The molecular formula is C13H10Cl3NO2S. The molecule has 0 saturated heterocycles. The van der Waals surface area contributed by atoms with Crippen molar-refractivity contribution in [2.24, 2.45) is 0 Å². The lowest BCUT2D eigenvalue weighted by Gasteiger charge is -2.10. The lowest BCUT2D eigenvalue weighted by atomic mass is 10.2. The van der Waals surface area contributed by atoms with E-state index in [2.05, 4.69) is 4.72 Å². The Hall–Kier alpha value is -0.940. The topological polar surface area (TPSA) is 46.2 Å². The Kier molecular flexibility index (Phi) is 4.81. The SMILES string of the molecule is O=S(=O)(Cc1ccc(Cl)cc1)Nc1cccc(Cl)c1Cl. The first-order valence-electron chi connectivity index (χ1n) is 5.56. The number of nitrogens with one attached hydrogen (secondary N) is 1.